The van der Waals surface area contributed by atoms with Gasteiger partial charge >= 0.3 is 6.18 Å². The highest BCUT2D eigenvalue weighted by molar-refractivity contribution is 7.21. The minimum absolute atomic E-state index is 0.0499. The van der Waals surface area contributed by atoms with E-state index < -0.39 is 11.7 Å². The molecule has 0 aliphatic carbocycles. The first-order valence-corrected chi connectivity index (χ1v) is 10.0. The molecule has 0 radical (unpaired) electrons. The van der Waals surface area contributed by atoms with Crippen molar-refractivity contribution in [1.82, 2.24) is 9.97 Å². The summed E-state index contributed by atoms with van der Waals surface area (Å²) in [6.07, 6.45) is -2.35. The molecule has 0 aliphatic heterocycles. The quantitative estimate of drug-likeness (QED) is 0.365. The van der Waals surface area contributed by atoms with Gasteiger partial charge in [0.05, 0.1) is 27.0 Å². The molecular formula is C20H17ClF3N3S. The molecule has 3 nitrogen and oxygen atoms in total. The Labute approximate surface area is 168 Å². The number of nitrogens with two attached hydrogens (primary N) is 1. The smallest absolute Gasteiger partial charge is 0.352 e. The van der Waals surface area contributed by atoms with Crippen LogP contribution in [0.1, 0.15) is 24.0 Å². The summed E-state index contributed by atoms with van der Waals surface area (Å²) >= 11 is 7.49. The number of aromatic amines is 1. The zero-order valence-electron chi connectivity index (χ0n) is 14.7. The van der Waals surface area contributed by atoms with E-state index in [1.165, 1.54) is 11.3 Å². The van der Waals surface area contributed by atoms with Crippen molar-refractivity contribution in [1.29, 1.82) is 0 Å². The minimum Gasteiger partial charge on any atom is -0.352 e. The van der Waals surface area contributed by atoms with Crippen LogP contribution in [0.4, 0.5) is 13.2 Å². The number of unbranched alkanes of at least 4 members (excludes halogenated alkanes) is 1. The molecule has 0 atom stereocenters. The summed E-state index contributed by atoms with van der Waals surface area (Å²) in [5.41, 5.74) is 7.14. The van der Waals surface area contributed by atoms with Crippen molar-refractivity contribution in [2.24, 2.45) is 5.73 Å². The maximum absolute atomic E-state index is 13.6. The van der Waals surface area contributed by atoms with Gasteiger partial charge in [0.25, 0.3) is 0 Å². The van der Waals surface area contributed by atoms with Crippen molar-refractivity contribution in [3.8, 4) is 10.7 Å². The van der Waals surface area contributed by atoms with Crippen molar-refractivity contribution in [2.75, 3.05) is 6.54 Å². The molecule has 146 valence electrons. The summed E-state index contributed by atoms with van der Waals surface area (Å²) in [7, 11) is 0. The molecule has 0 bridgehead atoms. The number of thiazole rings is 1. The zero-order chi connectivity index (χ0) is 19.9. The monoisotopic (exact) mass is 423 g/mol. The largest absolute Gasteiger partial charge is 0.418 e. The van der Waals surface area contributed by atoms with Crippen LogP contribution in [0.2, 0.25) is 5.02 Å². The molecule has 28 heavy (non-hydrogen) atoms. The molecule has 8 heteroatoms. The highest BCUT2D eigenvalue weighted by Gasteiger charge is 2.35. The van der Waals surface area contributed by atoms with Crippen LogP contribution in [0.15, 0.2) is 36.4 Å². The number of para-hydroxylation sites is 1. The standard InChI is InChI=1S/C20H17ClF3N3S/c21-11-9-13-12(5-3-4-8-25)18(27-17(13)14(10-11)20(22,23)24)19-26-15-6-1-2-7-16(15)28-19/h1-2,6-7,9-10,27H,3-5,8,25H2. The van der Waals surface area contributed by atoms with E-state index in [4.69, 9.17) is 17.3 Å². The number of H-pyrrole nitrogens is 1. The molecule has 3 N–H and O–H groups in total. The Balaban J connectivity index is 1.96. The van der Waals surface area contributed by atoms with Gasteiger partial charge in [0, 0.05) is 10.4 Å². The predicted molar refractivity (Wildman–Crippen MR) is 109 cm³/mol. The Bertz CT molecular complexity index is 1110. The number of halogens is 4. The summed E-state index contributed by atoms with van der Waals surface area (Å²) in [6, 6.07) is 10.2. The molecule has 0 fully saturated rings. The van der Waals surface area contributed by atoms with Crippen LogP contribution in [0.3, 0.4) is 0 Å². The molecule has 2 aromatic heterocycles. The van der Waals surface area contributed by atoms with Crippen molar-refractivity contribution < 1.29 is 13.2 Å². The fraction of sp³-hybridized carbons (Fsp3) is 0.250. The van der Waals surface area contributed by atoms with E-state index in [0.717, 1.165) is 34.7 Å². The van der Waals surface area contributed by atoms with E-state index in [0.29, 0.717) is 29.1 Å². The van der Waals surface area contributed by atoms with Crippen LogP contribution in [-0.2, 0) is 12.6 Å². The Morgan fingerprint density at radius 3 is 2.64 bits per heavy atom. The van der Waals surface area contributed by atoms with E-state index in [1.54, 1.807) is 6.07 Å². The number of benzene rings is 2. The molecule has 0 unspecified atom stereocenters. The normalized spacial score (nSPS) is 12.3. The van der Waals surface area contributed by atoms with Gasteiger partial charge in [-0.1, -0.05) is 23.7 Å². The molecule has 0 saturated carbocycles. The van der Waals surface area contributed by atoms with Gasteiger partial charge in [-0.05, 0) is 55.6 Å². The summed E-state index contributed by atoms with van der Waals surface area (Å²) < 4.78 is 41.8. The third-order valence-electron chi connectivity index (χ3n) is 4.67. The third kappa shape index (κ3) is 3.50. The average molecular weight is 424 g/mol. The fourth-order valence-corrected chi connectivity index (χ4v) is 4.62. The lowest BCUT2D eigenvalue weighted by Crippen LogP contribution is -2.05. The van der Waals surface area contributed by atoms with E-state index in [9.17, 15) is 13.2 Å². The number of nitrogens with zero attached hydrogens (tertiary/aromatic N) is 1. The van der Waals surface area contributed by atoms with Gasteiger partial charge in [0.15, 0.2) is 0 Å². The number of hydrogen-bond donors (Lipinski definition) is 2. The SMILES string of the molecule is NCCCCc1c(-c2nc3ccccc3s2)[nH]c2c(C(F)(F)F)cc(Cl)cc12. The molecule has 0 aliphatic rings. The number of aryl methyl sites for hydroxylation is 1. The van der Waals surface area contributed by atoms with Gasteiger partial charge in [0.2, 0.25) is 0 Å². The van der Waals surface area contributed by atoms with Gasteiger partial charge in [-0.15, -0.1) is 11.3 Å². The first kappa shape index (κ1) is 19.2. The summed E-state index contributed by atoms with van der Waals surface area (Å²) in [5.74, 6) is 0. The molecule has 2 aromatic carbocycles. The third-order valence-corrected chi connectivity index (χ3v) is 5.95. The number of rotatable bonds is 5. The van der Waals surface area contributed by atoms with E-state index in [2.05, 4.69) is 9.97 Å². The van der Waals surface area contributed by atoms with E-state index >= 15 is 0 Å². The Morgan fingerprint density at radius 1 is 1.14 bits per heavy atom. The summed E-state index contributed by atoms with van der Waals surface area (Å²) in [4.78, 5) is 7.64. The number of alkyl halides is 3. The maximum atomic E-state index is 13.6. The number of nitrogens with one attached hydrogen (secondary N) is 1. The van der Waals surface area contributed by atoms with Crippen LogP contribution >= 0.6 is 22.9 Å². The number of hydrogen-bond acceptors (Lipinski definition) is 3. The van der Waals surface area contributed by atoms with Gasteiger partial charge < -0.3 is 10.7 Å². The van der Waals surface area contributed by atoms with E-state index in [1.807, 2.05) is 24.3 Å². The first-order chi connectivity index (χ1) is 13.4. The molecule has 4 rings (SSSR count). The highest BCUT2D eigenvalue weighted by atomic mass is 35.5. The van der Waals surface area contributed by atoms with Gasteiger partial charge in [-0.2, -0.15) is 13.2 Å². The van der Waals surface area contributed by atoms with Gasteiger partial charge in [-0.25, -0.2) is 4.98 Å². The number of fused-ring (bicyclic) bond motifs is 2. The maximum Gasteiger partial charge on any atom is 0.418 e. The van der Waals surface area contributed by atoms with E-state index in [-0.39, 0.29) is 10.5 Å². The van der Waals surface area contributed by atoms with Crippen molar-refractivity contribution >= 4 is 44.1 Å². The number of aromatic nitrogens is 2. The lowest BCUT2D eigenvalue weighted by atomic mass is 10.0. The second kappa shape index (κ2) is 7.39. The molecule has 0 amide bonds. The molecule has 0 saturated heterocycles. The molecule has 2 heterocycles. The molecular weight excluding hydrogens is 407 g/mol. The lowest BCUT2D eigenvalue weighted by molar-refractivity contribution is -0.136. The van der Waals surface area contributed by atoms with Gasteiger partial charge in [0.1, 0.15) is 5.01 Å². The van der Waals surface area contributed by atoms with Crippen molar-refractivity contribution in [2.45, 2.75) is 25.4 Å². The van der Waals surface area contributed by atoms with Crippen molar-refractivity contribution in [3.05, 3.63) is 52.5 Å². The van der Waals surface area contributed by atoms with Crippen LogP contribution < -0.4 is 5.73 Å². The summed E-state index contributed by atoms with van der Waals surface area (Å²) in [5, 5.41) is 1.23. The second-order valence-electron chi connectivity index (χ2n) is 6.58. The van der Waals surface area contributed by atoms with Gasteiger partial charge in [-0.3, -0.25) is 0 Å². The molecule has 4 aromatic rings. The van der Waals surface area contributed by atoms with Crippen molar-refractivity contribution in [3.63, 3.8) is 0 Å². The summed E-state index contributed by atoms with van der Waals surface area (Å²) in [6.45, 7) is 0.535. The minimum atomic E-state index is -4.51. The Hall–Kier alpha value is -2.09. The van der Waals surface area contributed by atoms with Crippen LogP contribution in [0.25, 0.3) is 31.8 Å². The zero-order valence-corrected chi connectivity index (χ0v) is 16.3. The average Bonchev–Trinajstić information content (AvgIpc) is 3.22. The van der Waals surface area contributed by atoms with Crippen LogP contribution in [0, 0.1) is 0 Å². The second-order valence-corrected chi connectivity index (χ2v) is 8.05. The topological polar surface area (TPSA) is 54.7 Å². The Morgan fingerprint density at radius 2 is 1.93 bits per heavy atom. The van der Waals surface area contributed by atoms with Crippen LogP contribution in [0.5, 0.6) is 0 Å². The fourth-order valence-electron chi connectivity index (χ4n) is 3.41. The molecule has 0 spiro atoms. The predicted octanol–water partition coefficient (Wildman–Crippen LogP) is 6.40. The van der Waals surface area contributed by atoms with Crippen LogP contribution in [-0.4, -0.2) is 16.5 Å². The highest BCUT2D eigenvalue weighted by Crippen LogP contribution is 2.42. The first-order valence-electron chi connectivity index (χ1n) is 8.86. The lowest BCUT2D eigenvalue weighted by Gasteiger charge is -2.09. The Kier molecular flexibility index (Phi) is 5.07.